The molecule has 1 aromatic carbocycles. The van der Waals surface area contributed by atoms with Gasteiger partial charge in [-0.3, -0.25) is 4.79 Å². The van der Waals surface area contributed by atoms with Gasteiger partial charge in [-0.1, -0.05) is 12.1 Å². The predicted molar refractivity (Wildman–Crippen MR) is 73.0 cm³/mol. The average molecular weight is 260 g/mol. The molecule has 0 bridgehead atoms. The van der Waals surface area contributed by atoms with E-state index in [1.807, 2.05) is 19.2 Å². The van der Waals surface area contributed by atoms with E-state index in [2.05, 4.69) is 6.07 Å². The summed E-state index contributed by atoms with van der Waals surface area (Å²) in [6, 6.07) is 6.12. The van der Waals surface area contributed by atoms with E-state index >= 15 is 0 Å². The quantitative estimate of drug-likeness (QED) is 0.879. The predicted octanol–water partition coefficient (Wildman–Crippen LogP) is 1.63. The van der Waals surface area contributed by atoms with Gasteiger partial charge in [0.05, 0.1) is 0 Å². The van der Waals surface area contributed by atoms with Gasteiger partial charge >= 0.3 is 0 Å². The van der Waals surface area contributed by atoms with Gasteiger partial charge in [-0.2, -0.15) is 0 Å². The van der Waals surface area contributed by atoms with E-state index in [1.165, 1.54) is 11.1 Å². The number of likely N-dealkylation sites (tertiary alicyclic amines) is 1. The van der Waals surface area contributed by atoms with E-state index in [0.29, 0.717) is 0 Å². The van der Waals surface area contributed by atoms with Gasteiger partial charge in [0.25, 0.3) is 5.91 Å². The Kier molecular flexibility index (Phi) is 3.19. The van der Waals surface area contributed by atoms with Crippen LogP contribution in [0.3, 0.4) is 0 Å². The third-order valence-electron chi connectivity index (χ3n) is 4.16. The molecule has 1 saturated heterocycles. The smallest absolute Gasteiger partial charge is 0.263 e. The van der Waals surface area contributed by atoms with Gasteiger partial charge in [0.1, 0.15) is 5.75 Å². The number of carbonyl (C=O) groups excluding carboxylic acids is 1. The van der Waals surface area contributed by atoms with Crippen molar-refractivity contribution in [2.45, 2.75) is 37.8 Å². The number of nitrogens with two attached hydrogens (primary N) is 1. The van der Waals surface area contributed by atoms with Crippen molar-refractivity contribution in [2.24, 2.45) is 5.73 Å². The van der Waals surface area contributed by atoms with E-state index in [-0.39, 0.29) is 18.1 Å². The standard InChI is InChI=1S/C15H20N2O2/c1-17-9-8-14(15(17)18)19-13-7-3-4-10-11(13)5-2-6-12(10)16/h3-4,7,12,14H,2,5-6,8-9,16H2,1H3. The van der Waals surface area contributed by atoms with Gasteiger partial charge in [-0.25, -0.2) is 0 Å². The molecule has 1 amide bonds. The third-order valence-corrected chi connectivity index (χ3v) is 4.16. The normalized spacial score (nSPS) is 26.4. The minimum atomic E-state index is -0.324. The molecule has 1 fully saturated rings. The SMILES string of the molecule is CN1CCC(Oc2cccc3c2CCCC3N)C1=O. The zero-order valence-corrected chi connectivity index (χ0v) is 11.3. The average Bonchev–Trinajstić information content (AvgIpc) is 2.72. The number of hydrogen-bond donors (Lipinski definition) is 1. The number of nitrogens with zero attached hydrogens (tertiary/aromatic N) is 1. The van der Waals surface area contributed by atoms with Crippen molar-refractivity contribution in [1.29, 1.82) is 0 Å². The van der Waals surface area contributed by atoms with Gasteiger partial charge < -0.3 is 15.4 Å². The monoisotopic (exact) mass is 260 g/mol. The van der Waals surface area contributed by atoms with Gasteiger partial charge in [0, 0.05) is 26.1 Å². The van der Waals surface area contributed by atoms with Gasteiger partial charge in [-0.15, -0.1) is 0 Å². The maximum absolute atomic E-state index is 11.9. The van der Waals surface area contributed by atoms with Crippen molar-refractivity contribution in [1.82, 2.24) is 4.90 Å². The Morgan fingerprint density at radius 3 is 2.95 bits per heavy atom. The van der Waals surface area contributed by atoms with E-state index in [4.69, 9.17) is 10.5 Å². The lowest BCUT2D eigenvalue weighted by Gasteiger charge is -2.25. The molecule has 3 rings (SSSR count). The molecule has 0 spiro atoms. The van der Waals surface area contributed by atoms with Crippen LogP contribution in [0.2, 0.25) is 0 Å². The van der Waals surface area contributed by atoms with Crippen LogP contribution in [0.25, 0.3) is 0 Å². The Bertz CT molecular complexity index is 501. The van der Waals surface area contributed by atoms with E-state index in [9.17, 15) is 4.79 Å². The molecule has 1 aliphatic heterocycles. The fourth-order valence-electron chi connectivity index (χ4n) is 3.02. The Morgan fingerprint density at radius 1 is 1.37 bits per heavy atom. The second-order valence-electron chi connectivity index (χ2n) is 5.48. The maximum atomic E-state index is 11.9. The van der Waals surface area contributed by atoms with Crippen molar-refractivity contribution in [2.75, 3.05) is 13.6 Å². The lowest BCUT2D eigenvalue weighted by Crippen LogP contribution is -2.30. The van der Waals surface area contributed by atoms with Crippen LogP contribution in [0.15, 0.2) is 18.2 Å². The summed E-state index contributed by atoms with van der Waals surface area (Å²) in [4.78, 5) is 13.6. The van der Waals surface area contributed by atoms with Crippen LogP contribution >= 0.6 is 0 Å². The summed E-state index contributed by atoms with van der Waals surface area (Å²) in [5, 5.41) is 0. The van der Waals surface area contributed by atoms with Crippen LogP contribution < -0.4 is 10.5 Å². The highest BCUT2D eigenvalue weighted by Crippen LogP contribution is 2.35. The molecule has 19 heavy (non-hydrogen) atoms. The van der Waals surface area contributed by atoms with Crippen molar-refractivity contribution >= 4 is 5.91 Å². The van der Waals surface area contributed by atoms with E-state index in [1.54, 1.807) is 4.90 Å². The van der Waals surface area contributed by atoms with Crippen molar-refractivity contribution < 1.29 is 9.53 Å². The van der Waals surface area contributed by atoms with Crippen molar-refractivity contribution in [3.63, 3.8) is 0 Å². The Balaban J connectivity index is 1.86. The third kappa shape index (κ3) is 2.21. The maximum Gasteiger partial charge on any atom is 0.263 e. The number of carbonyl (C=O) groups is 1. The zero-order valence-electron chi connectivity index (χ0n) is 11.3. The molecular formula is C15H20N2O2. The van der Waals surface area contributed by atoms with Crippen molar-refractivity contribution in [3.05, 3.63) is 29.3 Å². The number of amides is 1. The first kappa shape index (κ1) is 12.5. The highest BCUT2D eigenvalue weighted by atomic mass is 16.5. The molecular weight excluding hydrogens is 240 g/mol. The molecule has 1 aliphatic carbocycles. The molecule has 2 atom stereocenters. The van der Waals surface area contributed by atoms with Crippen LogP contribution in [0.5, 0.6) is 5.75 Å². The number of rotatable bonds is 2. The summed E-state index contributed by atoms with van der Waals surface area (Å²) in [6.45, 7) is 0.776. The Morgan fingerprint density at radius 2 is 2.21 bits per heavy atom. The fraction of sp³-hybridized carbons (Fsp3) is 0.533. The first-order valence-corrected chi connectivity index (χ1v) is 6.96. The number of hydrogen-bond acceptors (Lipinski definition) is 3. The fourth-order valence-corrected chi connectivity index (χ4v) is 3.02. The lowest BCUT2D eigenvalue weighted by molar-refractivity contribution is -0.132. The Labute approximate surface area is 113 Å². The second-order valence-corrected chi connectivity index (χ2v) is 5.48. The Hall–Kier alpha value is -1.55. The summed E-state index contributed by atoms with van der Waals surface area (Å²) in [7, 11) is 1.82. The number of ether oxygens (including phenoxy) is 1. The van der Waals surface area contributed by atoms with E-state index in [0.717, 1.165) is 38.0 Å². The summed E-state index contributed by atoms with van der Waals surface area (Å²) >= 11 is 0. The number of benzene rings is 1. The van der Waals surface area contributed by atoms with Gasteiger partial charge in [0.15, 0.2) is 6.10 Å². The molecule has 2 N–H and O–H groups in total. The highest BCUT2D eigenvalue weighted by molar-refractivity contribution is 5.83. The first-order chi connectivity index (χ1) is 9.16. The summed E-state index contributed by atoms with van der Waals surface area (Å²) in [6.07, 6.45) is 3.56. The summed E-state index contributed by atoms with van der Waals surface area (Å²) < 4.78 is 5.96. The minimum absolute atomic E-state index is 0.0812. The van der Waals surface area contributed by atoms with Gasteiger partial charge in [-0.05, 0) is 36.5 Å². The van der Waals surface area contributed by atoms with Crippen LogP contribution in [0.4, 0.5) is 0 Å². The molecule has 4 nitrogen and oxygen atoms in total. The molecule has 0 aromatic heterocycles. The van der Waals surface area contributed by atoms with Crippen LogP contribution in [-0.4, -0.2) is 30.5 Å². The molecule has 2 aliphatic rings. The molecule has 2 unspecified atom stereocenters. The number of likely N-dealkylation sites (N-methyl/N-ethyl adjacent to an activating group) is 1. The first-order valence-electron chi connectivity index (χ1n) is 6.96. The van der Waals surface area contributed by atoms with Crippen LogP contribution in [-0.2, 0) is 11.2 Å². The van der Waals surface area contributed by atoms with E-state index < -0.39 is 0 Å². The molecule has 0 saturated carbocycles. The topological polar surface area (TPSA) is 55.6 Å². The second kappa shape index (κ2) is 4.85. The molecule has 1 aromatic rings. The van der Waals surface area contributed by atoms with Gasteiger partial charge in [0.2, 0.25) is 0 Å². The summed E-state index contributed by atoms with van der Waals surface area (Å²) in [5.41, 5.74) is 8.52. The largest absolute Gasteiger partial charge is 0.480 e. The summed E-state index contributed by atoms with van der Waals surface area (Å²) in [5.74, 6) is 0.930. The minimum Gasteiger partial charge on any atom is -0.480 e. The van der Waals surface area contributed by atoms with Crippen molar-refractivity contribution in [3.8, 4) is 5.75 Å². The molecule has 4 heteroatoms. The van der Waals surface area contributed by atoms with Crippen LogP contribution in [0.1, 0.15) is 36.4 Å². The highest BCUT2D eigenvalue weighted by Gasteiger charge is 2.32. The molecule has 0 radical (unpaired) electrons. The number of fused-ring (bicyclic) bond motifs is 1. The zero-order chi connectivity index (χ0) is 13.4. The van der Waals surface area contributed by atoms with Crippen LogP contribution in [0, 0.1) is 0 Å². The molecule has 102 valence electrons. The molecule has 1 heterocycles. The lowest BCUT2D eigenvalue weighted by atomic mass is 9.87.